The summed E-state index contributed by atoms with van der Waals surface area (Å²) in [5.41, 5.74) is 0. The molecule has 0 saturated heterocycles. The Bertz CT molecular complexity index is 602. The van der Waals surface area contributed by atoms with Crippen LogP contribution >= 0.6 is 11.3 Å². The van der Waals surface area contributed by atoms with Crippen molar-refractivity contribution in [3.05, 3.63) is 28.7 Å². The number of rotatable bonds is 4. The lowest BCUT2D eigenvalue weighted by Gasteiger charge is -2.07. The van der Waals surface area contributed by atoms with Crippen molar-refractivity contribution in [3.63, 3.8) is 0 Å². The predicted octanol–water partition coefficient (Wildman–Crippen LogP) is 2.63. The molecular weight excluding hydrogens is 274 g/mol. The third kappa shape index (κ3) is 3.36. The zero-order valence-electron chi connectivity index (χ0n) is 12.1. The van der Waals surface area contributed by atoms with Gasteiger partial charge >= 0.3 is 6.03 Å². The molecule has 108 valence electrons. The van der Waals surface area contributed by atoms with Crippen LogP contribution in [0.25, 0.3) is 0 Å². The van der Waals surface area contributed by atoms with Crippen LogP contribution in [0.5, 0.6) is 0 Å². The molecule has 6 nitrogen and oxygen atoms in total. The fourth-order valence-electron chi connectivity index (χ4n) is 1.85. The molecule has 0 aliphatic rings. The van der Waals surface area contributed by atoms with Crippen molar-refractivity contribution in [1.29, 1.82) is 0 Å². The van der Waals surface area contributed by atoms with Crippen molar-refractivity contribution in [2.75, 3.05) is 5.32 Å². The first-order valence-corrected chi connectivity index (χ1v) is 7.28. The monoisotopic (exact) mass is 293 g/mol. The van der Waals surface area contributed by atoms with Crippen LogP contribution in [0.3, 0.4) is 0 Å². The van der Waals surface area contributed by atoms with Crippen molar-refractivity contribution in [2.24, 2.45) is 7.05 Å². The normalized spacial score (nSPS) is 10.8. The SMILES string of the molecule is Cc1ccc(NC(=O)NCc2nnc(C(C)C)n2C)s1. The van der Waals surface area contributed by atoms with Gasteiger partial charge < -0.3 is 9.88 Å². The van der Waals surface area contributed by atoms with Crippen LogP contribution in [0.15, 0.2) is 12.1 Å². The Kier molecular flexibility index (Phi) is 4.39. The smallest absolute Gasteiger partial charge is 0.320 e. The first-order valence-electron chi connectivity index (χ1n) is 6.47. The van der Waals surface area contributed by atoms with E-state index in [1.165, 1.54) is 0 Å². The number of amides is 2. The number of nitrogens with zero attached hydrogens (tertiary/aromatic N) is 3. The molecule has 0 radical (unpaired) electrons. The molecule has 2 aromatic heterocycles. The van der Waals surface area contributed by atoms with Crippen LogP contribution < -0.4 is 10.6 Å². The summed E-state index contributed by atoms with van der Waals surface area (Å²) in [5.74, 6) is 1.96. The molecule has 0 bridgehead atoms. The highest BCUT2D eigenvalue weighted by Crippen LogP contribution is 2.20. The molecule has 20 heavy (non-hydrogen) atoms. The lowest BCUT2D eigenvalue weighted by molar-refractivity contribution is 0.251. The van der Waals surface area contributed by atoms with Gasteiger partial charge in [0.15, 0.2) is 5.82 Å². The van der Waals surface area contributed by atoms with E-state index in [1.54, 1.807) is 11.3 Å². The minimum atomic E-state index is -0.235. The maximum absolute atomic E-state index is 11.8. The summed E-state index contributed by atoms with van der Waals surface area (Å²) in [6.07, 6.45) is 0. The molecule has 0 unspecified atom stereocenters. The van der Waals surface area contributed by atoms with E-state index >= 15 is 0 Å². The summed E-state index contributed by atoms with van der Waals surface area (Å²) >= 11 is 1.54. The molecule has 2 amide bonds. The predicted molar refractivity (Wildman–Crippen MR) is 80.0 cm³/mol. The molecule has 0 spiro atoms. The van der Waals surface area contributed by atoms with Crippen molar-refractivity contribution in [1.82, 2.24) is 20.1 Å². The zero-order chi connectivity index (χ0) is 14.7. The van der Waals surface area contributed by atoms with Gasteiger partial charge in [-0.2, -0.15) is 0 Å². The lowest BCUT2D eigenvalue weighted by Crippen LogP contribution is -2.29. The Morgan fingerprint density at radius 3 is 2.70 bits per heavy atom. The van der Waals surface area contributed by atoms with Crippen molar-refractivity contribution in [3.8, 4) is 0 Å². The van der Waals surface area contributed by atoms with Crippen LogP contribution in [-0.4, -0.2) is 20.8 Å². The van der Waals surface area contributed by atoms with Crippen LogP contribution in [0.1, 0.15) is 36.3 Å². The maximum Gasteiger partial charge on any atom is 0.320 e. The number of nitrogens with one attached hydrogen (secondary N) is 2. The van der Waals surface area contributed by atoms with Gasteiger partial charge in [0.2, 0.25) is 0 Å². The molecule has 2 rings (SSSR count). The molecule has 7 heteroatoms. The number of aromatic nitrogens is 3. The molecule has 2 aromatic rings. The number of carbonyl (C=O) groups is 1. The molecular formula is C13H19N5OS. The highest BCUT2D eigenvalue weighted by atomic mass is 32.1. The minimum absolute atomic E-state index is 0.235. The maximum atomic E-state index is 11.8. The van der Waals surface area contributed by atoms with Gasteiger partial charge in [-0.05, 0) is 19.1 Å². The minimum Gasteiger partial charge on any atom is -0.331 e. The van der Waals surface area contributed by atoms with Crippen LogP contribution in [0.2, 0.25) is 0 Å². The van der Waals surface area contributed by atoms with Gasteiger partial charge in [-0.3, -0.25) is 5.32 Å². The van der Waals surface area contributed by atoms with Gasteiger partial charge in [0.05, 0.1) is 11.5 Å². The number of urea groups is 1. The van der Waals surface area contributed by atoms with Crippen molar-refractivity contribution >= 4 is 22.4 Å². The molecule has 0 atom stereocenters. The van der Waals surface area contributed by atoms with Gasteiger partial charge in [0.1, 0.15) is 5.82 Å². The first kappa shape index (κ1) is 14.5. The van der Waals surface area contributed by atoms with Gasteiger partial charge in [-0.15, -0.1) is 21.5 Å². The van der Waals surface area contributed by atoms with E-state index in [1.807, 2.05) is 30.7 Å². The standard InChI is InChI=1S/C13H19N5OS/c1-8(2)12-17-16-10(18(12)4)7-14-13(19)15-11-6-5-9(3)20-11/h5-6,8H,7H2,1-4H3,(H2,14,15,19). The Morgan fingerprint density at radius 2 is 2.15 bits per heavy atom. The van der Waals surface area contributed by atoms with E-state index in [-0.39, 0.29) is 6.03 Å². The average Bonchev–Trinajstić information content (AvgIpc) is 2.93. The second-order valence-corrected chi connectivity index (χ2v) is 6.19. The van der Waals surface area contributed by atoms with E-state index in [0.29, 0.717) is 12.5 Å². The highest BCUT2D eigenvalue weighted by Gasteiger charge is 2.12. The van der Waals surface area contributed by atoms with Gasteiger partial charge in [0, 0.05) is 17.8 Å². The Hall–Kier alpha value is -1.89. The second kappa shape index (κ2) is 6.04. The van der Waals surface area contributed by atoms with E-state index < -0.39 is 0 Å². The Labute approximate surface area is 122 Å². The summed E-state index contributed by atoms with van der Waals surface area (Å²) in [6, 6.07) is 3.62. The second-order valence-electron chi connectivity index (χ2n) is 4.91. The first-order chi connectivity index (χ1) is 9.47. The summed E-state index contributed by atoms with van der Waals surface area (Å²) < 4.78 is 1.92. The van der Waals surface area contributed by atoms with Gasteiger partial charge in [-0.25, -0.2) is 4.79 Å². The van der Waals surface area contributed by atoms with Gasteiger partial charge in [-0.1, -0.05) is 13.8 Å². The Balaban J connectivity index is 1.90. The molecule has 0 saturated carbocycles. The largest absolute Gasteiger partial charge is 0.331 e. The number of carbonyl (C=O) groups excluding carboxylic acids is 1. The van der Waals surface area contributed by atoms with Crippen molar-refractivity contribution in [2.45, 2.75) is 33.2 Å². The fraction of sp³-hybridized carbons (Fsp3) is 0.462. The number of aryl methyl sites for hydroxylation is 1. The van der Waals surface area contributed by atoms with E-state index in [4.69, 9.17) is 0 Å². The molecule has 0 aromatic carbocycles. The number of anilines is 1. The quantitative estimate of drug-likeness (QED) is 0.910. The zero-order valence-corrected chi connectivity index (χ0v) is 12.9. The van der Waals surface area contributed by atoms with Crippen LogP contribution in [0, 0.1) is 6.92 Å². The van der Waals surface area contributed by atoms with Crippen LogP contribution in [0.4, 0.5) is 9.80 Å². The summed E-state index contributed by atoms with van der Waals surface area (Å²) in [6.45, 7) is 6.48. The Morgan fingerprint density at radius 1 is 1.40 bits per heavy atom. The molecule has 0 aliphatic carbocycles. The van der Waals surface area contributed by atoms with Gasteiger partial charge in [0.25, 0.3) is 0 Å². The third-order valence-electron chi connectivity index (χ3n) is 2.90. The lowest BCUT2D eigenvalue weighted by atomic mass is 10.2. The van der Waals surface area contributed by atoms with Crippen molar-refractivity contribution < 1.29 is 4.79 Å². The van der Waals surface area contributed by atoms with E-state index in [0.717, 1.165) is 21.5 Å². The third-order valence-corrected chi connectivity index (χ3v) is 3.82. The molecule has 2 N–H and O–H groups in total. The van der Waals surface area contributed by atoms with E-state index in [9.17, 15) is 4.79 Å². The fourth-order valence-corrected chi connectivity index (χ4v) is 2.61. The number of hydrogen-bond donors (Lipinski definition) is 2. The highest BCUT2D eigenvalue weighted by molar-refractivity contribution is 7.16. The summed E-state index contributed by atoms with van der Waals surface area (Å²) in [4.78, 5) is 12.9. The molecule has 2 heterocycles. The van der Waals surface area contributed by atoms with E-state index in [2.05, 4.69) is 34.7 Å². The summed E-state index contributed by atoms with van der Waals surface area (Å²) in [5, 5.41) is 14.6. The summed E-state index contributed by atoms with van der Waals surface area (Å²) in [7, 11) is 1.91. The van der Waals surface area contributed by atoms with Crippen LogP contribution in [-0.2, 0) is 13.6 Å². The number of hydrogen-bond acceptors (Lipinski definition) is 4. The number of thiophene rings is 1. The topological polar surface area (TPSA) is 71.8 Å². The molecule has 0 fully saturated rings. The molecule has 0 aliphatic heterocycles. The average molecular weight is 293 g/mol.